The molecule has 88 valence electrons. The molecule has 0 radical (unpaired) electrons. The topological polar surface area (TPSA) is 38.0 Å². The third-order valence-electron chi connectivity index (χ3n) is 3.68. The fraction of sp³-hybridized carbons (Fsp3) is 0.571. The highest BCUT2D eigenvalue weighted by Gasteiger charge is 2.20. The summed E-state index contributed by atoms with van der Waals surface area (Å²) in [5.74, 6) is 1.76. The van der Waals surface area contributed by atoms with Crippen molar-refractivity contribution in [2.24, 2.45) is 11.8 Å². The van der Waals surface area contributed by atoms with Crippen LogP contribution in [0.3, 0.4) is 0 Å². The van der Waals surface area contributed by atoms with Crippen molar-refractivity contribution in [1.29, 1.82) is 0 Å². The Bertz CT molecular complexity index is 360. The van der Waals surface area contributed by atoms with Gasteiger partial charge in [-0.15, -0.1) is 0 Å². The molecule has 0 heterocycles. The van der Waals surface area contributed by atoms with Gasteiger partial charge in [-0.05, 0) is 49.3 Å². The van der Waals surface area contributed by atoms with Gasteiger partial charge in [0.05, 0.1) is 0 Å². The molecule has 16 heavy (non-hydrogen) atoms. The molecule has 2 rings (SSSR count). The summed E-state index contributed by atoms with van der Waals surface area (Å²) < 4.78 is 0. The lowest BCUT2D eigenvalue weighted by Crippen LogP contribution is -2.11. The van der Waals surface area contributed by atoms with Gasteiger partial charge < -0.3 is 11.1 Å². The summed E-state index contributed by atoms with van der Waals surface area (Å²) in [6.45, 7) is 5.48. The van der Waals surface area contributed by atoms with Crippen LogP contribution in [-0.2, 0) is 0 Å². The molecule has 0 aliphatic heterocycles. The molecule has 2 unspecified atom stereocenters. The Balaban J connectivity index is 1.87. The molecule has 0 amide bonds. The lowest BCUT2D eigenvalue weighted by molar-refractivity contribution is 0.537. The maximum Gasteiger partial charge on any atom is 0.0364 e. The largest absolute Gasteiger partial charge is 0.398 e. The van der Waals surface area contributed by atoms with Gasteiger partial charge in [0.2, 0.25) is 0 Å². The van der Waals surface area contributed by atoms with E-state index in [1.54, 1.807) is 0 Å². The van der Waals surface area contributed by atoms with E-state index in [2.05, 4.69) is 24.4 Å². The van der Waals surface area contributed by atoms with E-state index < -0.39 is 0 Å². The SMILES string of the molecule is Cc1ccc(NCC2CCC(C)C2)cc1N. The number of aryl methyl sites for hydroxylation is 1. The number of anilines is 2. The number of hydrogen-bond acceptors (Lipinski definition) is 2. The van der Waals surface area contributed by atoms with Crippen LogP contribution in [0.4, 0.5) is 11.4 Å². The molecule has 0 aromatic heterocycles. The number of hydrogen-bond donors (Lipinski definition) is 2. The van der Waals surface area contributed by atoms with Crippen LogP contribution < -0.4 is 11.1 Å². The molecule has 1 saturated carbocycles. The van der Waals surface area contributed by atoms with Crippen LogP contribution >= 0.6 is 0 Å². The Hall–Kier alpha value is -1.18. The zero-order chi connectivity index (χ0) is 11.5. The van der Waals surface area contributed by atoms with E-state index in [0.717, 1.165) is 35.3 Å². The van der Waals surface area contributed by atoms with E-state index in [-0.39, 0.29) is 0 Å². The predicted molar refractivity (Wildman–Crippen MR) is 70.6 cm³/mol. The van der Waals surface area contributed by atoms with E-state index >= 15 is 0 Å². The van der Waals surface area contributed by atoms with Gasteiger partial charge in [0, 0.05) is 17.9 Å². The molecule has 1 aliphatic carbocycles. The lowest BCUT2D eigenvalue weighted by Gasteiger charge is -2.13. The Kier molecular flexibility index (Phi) is 3.37. The number of nitrogens with one attached hydrogen (secondary N) is 1. The van der Waals surface area contributed by atoms with E-state index in [4.69, 9.17) is 5.73 Å². The van der Waals surface area contributed by atoms with Crippen molar-refractivity contribution in [1.82, 2.24) is 0 Å². The molecule has 0 saturated heterocycles. The summed E-state index contributed by atoms with van der Waals surface area (Å²) in [5.41, 5.74) is 9.07. The average molecular weight is 218 g/mol. The molecule has 1 fully saturated rings. The van der Waals surface area contributed by atoms with Crippen molar-refractivity contribution in [2.45, 2.75) is 33.1 Å². The maximum atomic E-state index is 5.89. The van der Waals surface area contributed by atoms with Crippen molar-refractivity contribution in [3.63, 3.8) is 0 Å². The first-order chi connectivity index (χ1) is 7.65. The predicted octanol–water partition coefficient (Wildman–Crippen LogP) is 3.43. The van der Waals surface area contributed by atoms with Crippen LogP contribution in [0.2, 0.25) is 0 Å². The lowest BCUT2D eigenvalue weighted by atomic mass is 10.1. The smallest absolute Gasteiger partial charge is 0.0364 e. The van der Waals surface area contributed by atoms with Crippen LogP contribution in [0, 0.1) is 18.8 Å². The Morgan fingerprint density at radius 1 is 1.38 bits per heavy atom. The van der Waals surface area contributed by atoms with Gasteiger partial charge in [0.15, 0.2) is 0 Å². The maximum absolute atomic E-state index is 5.89. The molecule has 0 spiro atoms. The molecular weight excluding hydrogens is 196 g/mol. The minimum absolute atomic E-state index is 0.845. The zero-order valence-corrected chi connectivity index (χ0v) is 10.3. The quantitative estimate of drug-likeness (QED) is 0.763. The van der Waals surface area contributed by atoms with Crippen molar-refractivity contribution in [3.8, 4) is 0 Å². The Morgan fingerprint density at radius 3 is 2.81 bits per heavy atom. The number of nitrogens with two attached hydrogens (primary N) is 1. The summed E-state index contributed by atoms with van der Waals surface area (Å²) in [4.78, 5) is 0. The van der Waals surface area contributed by atoms with Crippen molar-refractivity contribution < 1.29 is 0 Å². The molecule has 1 aromatic rings. The molecule has 3 N–H and O–H groups in total. The van der Waals surface area contributed by atoms with Crippen molar-refractivity contribution in [2.75, 3.05) is 17.6 Å². The van der Waals surface area contributed by atoms with Gasteiger partial charge in [-0.25, -0.2) is 0 Å². The fourth-order valence-corrected chi connectivity index (χ4v) is 2.52. The van der Waals surface area contributed by atoms with Gasteiger partial charge in [-0.2, -0.15) is 0 Å². The standard InChI is InChI=1S/C14H22N2/c1-10-3-5-12(7-10)9-16-13-6-4-11(2)14(15)8-13/h4,6,8,10,12,16H,3,5,7,9,15H2,1-2H3. The second-order valence-corrected chi connectivity index (χ2v) is 5.24. The molecule has 2 heteroatoms. The summed E-state index contributed by atoms with van der Waals surface area (Å²) in [5, 5.41) is 3.50. The average Bonchev–Trinajstić information content (AvgIpc) is 2.66. The van der Waals surface area contributed by atoms with E-state index in [0.29, 0.717) is 0 Å². The fourth-order valence-electron chi connectivity index (χ4n) is 2.52. The van der Waals surface area contributed by atoms with E-state index in [9.17, 15) is 0 Å². The number of nitrogen functional groups attached to an aromatic ring is 1. The highest BCUT2D eigenvalue weighted by molar-refractivity contribution is 5.58. The van der Waals surface area contributed by atoms with Crippen LogP contribution in [0.1, 0.15) is 31.7 Å². The van der Waals surface area contributed by atoms with Gasteiger partial charge in [-0.3, -0.25) is 0 Å². The minimum atomic E-state index is 0.845. The Labute approximate surface area is 98.2 Å². The summed E-state index contributed by atoms with van der Waals surface area (Å²) in [6, 6.07) is 6.23. The Morgan fingerprint density at radius 2 is 2.19 bits per heavy atom. The highest BCUT2D eigenvalue weighted by atomic mass is 14.9. The molecular formula is C14H22N2. The minimum Gasteiger partial charge on any atom is -0.398 e. The van der Waals surface area contributed by atoms with E-state index in [1.807, 2.05) is 13.0 Å². The van der Waals surface area contributed by atoms with Crippen molar-refractivity contribution >= 4 is 11.4 Å². The van der Waals surface area contributed by atoms with Gasteiger partial charge in [0.1, 0.15) is 0 Å². The molecule has 1 aromatic carbocycles. The number of benzene rings is 1. The zero-order valence-electron chi connectivity index (χ0n) is 10.3. The second-order valence-electron chi connectivity index (χ2n) is 5.24. The molecule has 2 nitrogen and oxygen atoms in total. The van der Waals surface area contributed by atoms with Crippen LogP contribution in [0.5, 0.6) is 0 Å². The summed E-state index contributed by atoms with van der Waals surface area (Å²) in [6.07, 6.45) is 4.13. The first-order valence-corrected chi connectivity index (χ1v) is 6.25. The third kappa shape index (κ3) is 2.69. The molecule has 1 aliphatic rings. The first kappa shape index (κ1) is 11.3. The summed E-state index contributed by atoms with van der Waals surface area (Å²) >= 11 is 0. The third-order valence-corrected chi connectivity index (χ3v) is 3.68. The van der Waals surface area contributed by atoms with Crippen LogP contribution in [0.25, 0.3) is 0 Å². The van der Waals surface area contributed by atoms with Crippen LogP contribution in [-0.4, -0.2) is 6.54 Å². The summed E-state index contributed by atoms with van der Waals surface area (Å²) in [7, 11) is 0. The monoisotopic (exact) mass is 218 g/mol. The highest BCUT2D eigenvalue weighted by Crippen LogP contribution is 2.30. The molecule has 2 atom stereocenters. The first-order valence-electron chi connectivity index (χ1n) is 6.25. The van der Waals surface area contributed by atoms with Crippen molar-refractivity contribution in [3.05, 3.63) is 23.8 Å². The van der Waals surface area contributed by atoms with Gasteiger partial charge >= 0.3 is 0 Å². The number of rotatable bonds is 3. The van der Waals surface area contributed by atoms with Gasteiger partial charge in [0.25, 0.3) is 0 Å². The normalized spacial score (nSPS) is 24.6. The second kappa shape index (κ2) is 4.77. The van der Waals surface area contributed by atoms with Gasteiger partial charge in [-0.1, -0.05) is 19.4 Å². The van der Waals surface area contributed by atoms with E-state index in [1.165, 1.54) is 19.3 Å². The van der Waals surface area contributed by atoms with Crippen LogP contribution in [0.15, 0.2) is 18.2 Å². The molecule has 0 bridgehead atoms.